The Morgan fingerprint density at radius 2 is 1.75 bits per heavy atom. The second kappa shape index (κ2) is 11.5. The van der Waals surface area contributed by atoms with Crippen LogP contribution in [0.1, 0.15) is 62.2 Å². The summed E-state index contributed by atoms with van der Waals surface area (Å²) < 4.78 is 26.5. The Morgan fingerprint density at radius 3 is 2.41 bits per heavy atom. The summed E-state index contributed by atoms with van der Waals surface area (Å²) in [5, 5.41) is 3.04. The molecule has 1 aromatic rings. The van der Waals surface area contributed by atoms with Crippen LogP contribution in [0.3, 0.4) is 0 Å². The van der Waals surface area contributed by atoms with E-state index in [1.54, 1.807) is 18.2 Å². The zero-order valence-electron chi connectivity index (χ0n) is 20.0. The number of anilines is 1. The van der Waals surface area contributed by atoms with Gasteiger partial charge in [-0.15, -0.1) is 0 Å². The Balaban J connectivity index is 1.63. The Bertz CT molecular complexity index is 858. The van der Waals surface area contributed by atoms with E-state index in [4.69, 9.17) is 0 Å². The van der Waals surface area contributed by atoms with Crippen LogP contribution in [0.4, 0.5) is 5.69 Å². The predicted octanol–water partition coefficient (Wildman–Crippen LogP) is 3.17. The number of carbonyl (C=O) groups is 1. The number of unbranched alkanes of at least 4 members (excludes halogenated alkanes) is 1. The minimum atomic E-state index is -3.60. The first-order chi connectivity index (χ1) is 15.3. The van der Waals surface area contributed by atoms with Crippen molar-refractivity contribution in [1.29, 1.82) is 0 Å². The van der Waals surface area contributed by atoms with Gasteiger partial charge in [-0.3, -0.25) is 4.79 Å². The standard InChI is InChI=1S/C24H40N4O3S/c1-20-11-17-27(18-12-20)14-8-5-13-25-24(29)22-19-21(32(30,31)26(2)3)9-10-23(22)28-15-6-4-7-16-28/h9-10,19-20H,4-8,11-18H2,1-3H3,(H,25,29). The van der Waals surface area contributed by atoms with Crippen molar-refractivity contribution in [1.82, 2.24) is 14.5 Å². The highest BCUT2D eigenvalue weighted by Crippen LogP contribution is 2.28. The summed E-state index contributed by atoms with van der Waals surface area (Å²) in [5.74, 6) is 0.653. The molecule has 0 spiro atoms. The largest absolute Gasteiger partial charge is 0.371 e. The van der Waals surface area contributed by atoms with Crippen LogP contribution in [0, 0.1) is 5.92 Å². The van der Waals surface area contributed by atoms with E-state index in [0.717, 1.165) is 56.9 Å². The quantitative estimate of drug-likeness (QED) is 0.569. The monoisotopic (exact) mass is 464 g/mol. The summed E-state index contributed by atoms with van der Waals surface area (Å²) in [7, 11) is -0.576. The summed E-state index contributed by atoms with van der Waals surface area (Å²) in [6, 6.07) is 4.97. The summed E-state index contributed by atoms with van der Waals surface area (Å²) in [6.07, 6.45) is 7.92. The fraction of sp³-hybridized carbons (Fsp3) is 0.708. The third-order valence-electron chi connectivity index (χ3n) is 6.75. The van der Waals surface area contributed by atoms with Crippen LogP contribution >= 0.6 is 0 Å². The molecule has 1 N–H and O–H groups in total. The lowest BCUT2D eigenvalue weighted by Crippen LogP contribution is -2.34. The average Bonchev–Trinajstić information content (AvgIpc) is 2.80. The van der Waals surface area contributed by atoms with E-state index in [-0.39, 0.29) is 10.8 Å². The van der Waals surface area contributed by atoms with Gasteiger partial charge in [-0.05, 0) is 88.7 Å². The highest BCUT2D eigenvalue weighted by Gasteiger charge is 2.24. The highest BCUT2D eigenvalue weighted by molar-refractivity contribution is 7.89. The van der Waals surface area contributed by atoms with E-state index in [9.17, 15) is 13.2 Å². The number of carbonyl (C=O) groups excluding carboxylic acids is 1. The van der Waals surface area contributed by atoms with E-state index < -0.39 is 10.0 Å². The van der Waals surface area contributed by atoms with Crippen LogP contribution < -0.4 is 10.2 Å². The minimum absolute atomic E-state index is 0.160. The molecule has 0 atom stereocenters. The molecule has 2 aliphatic rings. The zero-order valence-corrected chi connectivity index (χ0v) is 20.8. The molecule has 32 heavy (non-hydrogen) atoms. The van der Waals surface area contributed by atoms with E-state index in [1.807, 2.05) is 0 Å². The molecule has 2 aliphatic heterocycles. The maximum atomic E-state index is 13.1. The first-order valence-electron chi connectivity index (χ1n) is 12.1. The molecule has 0 bridgehead atoms. The van der Waals surface area contributed by atoms with Crippen LogP contribution in [0.25, 0.3) is 0 Å². The number of hydrogen-bond acceptors (Lipinski definition) is 5. The number of rotatable bonds is 9. The van der Waals surface area contributed by atoms with Crippen molar-refractivity contribution in [3.63, 3.8) is 0 Å². The molecule has 0 radical (unpaired) electrons. The lowest BCUT2D eigenvalue weighted by Gasteiger charge is -2.31. The van der Waals surface area contributed by atoms with Gasteiger partial charge >= 0.3 is 0 Å². The van der Waals surface area contributed by atoms with Gasteiger partial charge in [0.15, 0.2) is 0 Å². The molecule has 0 unspecified atom stereocenters. The lowest BCUT2D eigenvalue weighted by atomic mass is 9.99. The van der Waals surface area contributed by atoms with Crippen LogP contribution in [0.2, 0.25) is 0 Å². The minimum Gasteiger partial charge on any atom is -0.371 e. The van der Waals surface area contributed by atoms with E-state index in [1.165, 1.54) is 50.8 Å². The topological polar surface area (TPSA) is 73.0 Å². The van der Waals surface area contributed by atoms with Gasteiger partial charge < -0.3 is 15.1 Å². The van der Waals surface area contributed by atoms with Crippen molar-refractivity contribution >= 4 is 21.6 Å². The molecule has 2 saturated heterocycles. The molecule has 180 valence electrons. The fourth-order valence-electron chi connectivity index (χ4n) is 4.52. The fourth-order valence-corrected chi connectivity index (χ4v) is 5.45. The number of nitrogens with one attached hydrogen (secondary N) is 1. The molecule has 1 aromatic carbocycles. The number of likely N-dealkylation sites (tertiary alicyclic amines) is 1. The molecule has 3 rings (SSSR count). The molecule has 7 nitrogen and oxygen atoms in total. The summed E-state index contributed by atoms with van der Waals surface area (Å²) in [4.78, 5) is 18.0. The van der Waals surface area contributed by atoms with Gasteiger partial charge in [-0.1, -0.05) is 6.92 Å². The highest BCUT2D eigenvalue weighted by atomic mass is 32.2. The number of amides is 1. The Hall–Kier alpha value is -1.64. The van der Waals surface area contributed by atoms with Gasteiger partial charge in [0.1, 0.15) is 0 Å². The van der Waals surface area contributed by atoms with Crippen molar-refractivity contribution < 1.29 is 13.2 Å². The van der Waals surface area contributed by atoms with Gasteiger partial charge in [0.25, 0.3) is 5.91 Å². The SMILES string of the molecule is CC1CCN(CCCCNC(=O)c2cc(S(=O)(=O)N(C)C)ccc2N2CCCCC2)CC1. The summed E-state index contributed by atoms with van der Waals surface area (Å²) >= 11 is 0. The number of sulfonamides is 1. The van der Waals surface area contributed by atoms with Crippen molar-refractivity contribution in [3.8, 4) is 0 Å². The number of piperidine rings is 2. The van der Waals surface area contributed by atoms with Gasteiger partial charge in [-0.2, -0.15) is 0 Å². The Kier molecular flexibility index (Phi) is 8.96. The Labute approximate surface area is 194 Å². The molecular weight excluding hydrogens is 424 g/mol. The van der Waals surface area contributed by atoms with Crippen molar-refractivity contribution in [2.75, 3.05) is 58.3 Å². The zero-order chi connectivity index (χ0) is 23.1. The maximum absolute atomic E-state index is 13.1. The molecule has 2 fully saturated rings. The third kappa shape index (κ3) is 6.45. The third-order valence-corrected chi connectivity index (χ3v) is 8.56. The second-order valence-electron chi connectivity index (χ2n) is 9.50. The van der Waals surface area contributed by atoms with Crippen LogP contribution in [0.15, 0.2) is 23.1 Å². The van der Waals surface area contributed by atoms with E-state index in [2.05, 4.69) is 22.0 Å². The molecule has 0 aromatic heterocycles. The van der Waals surface area contributed by atoms with Crippen molar-refractivity contribution in [2.24, 2.45) is 5.92 Å². The van der Waals surface area contributed by atoms with Crippen molar-refractivity contribution in [3.05, 3.63) is 23.8 Å². The van der Waals surface area contributed by atoms with E-state index in [0.29, 0.717) is 12.1 Å². The molecule has 0 aliphatic carbocycles. The number of hydrogen-bond donors (Lipinski definition) is 1. The van der Waals surface area contributed by atoms with Crippen LogP contribution in [0.5, 0.6) is 0 Å². The van der Waals surface area contributed by atoms with Gasteiger partial charge in [0.05, 0.1) is 10.5 Å². The van der Waals surface area contributed by atoms with Gasteiger partial charge in [-0.25, -0.2) is 12.7 Å². The summed E-state index contributed by atoms with van der Waals surface area (Å²) in [6.45, 7) is 8.16. The second-order valence-corrected chi connectivity index (χ2v) is 11.7. The molecule has 8 heteroatoms. The lowest BCUT2D eigenvalue weighted by molar-refractivity contribution is 0.0952. The van der Waals surface area contributed by atoms with Gasteiger partial charge in [0, 0.05) is 39.4 Å². The number of nitrogens with zero attached hydrogens (tertiary/aromatic N) is 3. The molecule has 0 saturated carbocycles. The van der Waals surface area contributed by atoms with E-state index >= 15 is 0 Å². The predicted molar refractivity (Wildman–Crippen MR) is 130 cm³/mol. The van der Waals surface area contributed by atoms with Crippen molar-refractivity contribution in [2.45, 2.75) is 56.8 Å². The van der Waals surface area contributed by atoms with Crippen LogP contribution in [-0.4, -0.2) is 76.9 Å². The molecule has 1 amide bonds. The smallest absolute Gasteiger partial charge is 0.253 e. The number of benzene rings is 1. The molecular formula is C24H40N4O3S. The first-order valence-corrected chi connectivity index (χ1v) is 13.5. The first kappa shape index (κ1) is 25.0. The van der Waals surface area contributed by atoms with Gasteiger partial charge in [0.2, 0.25) is 10.0 Å². The molecule has 2 heterocycles. The average molecular weight is 465 g/mol. The Morgan fingerprint density at radius 1 is 1.06 bits per heavy atom. The normalized spacial score (nSPS) is 18.8. The maximum Gasteiger partial charge on any atom is 0.253 e. The summed E-state index contributed by atoms with van der Waals surface area (Å²) in [5.41, 5.74) is 1.29. The van der Waals surface area contributed by atoms with Crippen LogP contribution in [-0.2, 0) is 10.0 Å².